The molecule has 0 aliphatic heterocycles. The maximum atomic E-state index is 11.7. The molecule has 5 heteroatoms. The molecule has 1 heterocycles. The van der Waals surface area contributed by atoms with Gasteiger partial charge in [0.05, 0.1) is 6.26 Å². The van der Waals surface area contributed by atoms with Crippen molar-refractivity contribution in [2.45, 2.75) is 6.04 Å². The average molecular weight is 271 g/mol. The quantitative estimate of drug-likeness (QED) is 0.817. The van der Waals surface area contributed by atoms with Crippen LogP contribution in [-0.4, -0.2) is 17.0 Å². The number of carboxylic acid groups (broad SMARTS) is 1. The highest BCUT2D eigenvalue weighted by molar-refractivity contribution is 5.94. The highest BCUT2D eigenvalue weighted by Crippen LogP contribution is 2.12. The van der Waals surface area contributed by atoms with Crippen LogP contribution < -0.4 is 5.32 Å². The highest BCUT2D eigenvalue weighted by Gasteiger charge is 2.20. The fraction of sp³-hybridized carbons (Fsp3) is 0.0667. The van der Waals surface area contributed by atoms with Crippen LogP contribution in [0.15, 0.2) is 59.2 Å². The van der Waals surface area contributed by atoms with Gasteiger partial charge in [0.25, 0.3) is 0 Å². The number of hydrogen-bond acceptors (Lipinski definition) is 3. The minimum atomic E-state index is -1.11. The number of nitrogens with one attached hydrogen (secondary N) is 1. The molecule has 0 saturated heterocycles. The molecule has 20 heavy (non-hydrogen) atoms. The Kier molecular flexibility index (Phi) is 4.34. The number of benzene rings is 1. The number of rotatable bonds is 5. The first kappa shape index (κ1) is 13.6. The van der Waals surface area contributed by atoms with Crippen LogP contribution in [-0.2, 0) is 9.59 Å². The second kappa shape index (κ2) is 6.38. The van der Waals surface area contributed by atoms with Crippen molar-refractivity contribution in [1.82, 2.24) is 5.32 Å². The maximum absolute atomic E-state index is 11.7. The van der Waals surface area contributed by atoms with Gasteiger partial charge in [-0.05, 0) is 23.8 Å². The second-order valence-electron chi connectivity index (χ2n) is 4.04. The zero-order valence-electron chi connectivity index (χ0n) is 10.5. The lowest BCUT2D eigenvalue weighted by atomic mass is 10.1. The molecule has 2 rings (SSSR count). The number of hydrogen-bond donors (Lipinski definition) is 2. The summed E-state index contributed by atoms with van der Waals surface area (Å²) < 4.78 is 5.04. The van der Waals surface area contributed by atoms with Crippen LogP contribution in [0.5, 0.6) is 0 Å². The van der Waals surface area contributed by atoms with Crippen LogP contribution in [0.25, 0.3) is 6.08 Å². The molecule has 1 aromatic heterocycles. The first-order valence-corrected chi connectivity index (χ1v) is 5.96. The van der Waals surface area contributed by atoms with Crippen molar-refractivity contribution in [2.24, 2.45) is 0 Å². The second-order valence-corrected chi connectivity index (χ2v) is 4.04. The molecule has 1 amide bonds. The molecule has 0 spiro atoms. The molecule has 0 aliphatic rings. The minimum Gasteiger partial charge on any atom is -0.479 e. The third-order valence-corrected chi connectivity index (χ3v) is 2.61. The molecular weight excluding hydrogens is 258 g/mol. The Labute approximate surface area is 115 Å². The van der Waals surface area contributed by atoms with E-state index in [1.807, 2.05) is 0 Å². The van der Waals surface area contributed by atoms with Crippen LogP contribution in [0.3, 0.4) is 0 Å². The van der Waals surface area contributed by atoms with Crippen LogP contribution >= 0.6 is 0 Å². The normalized spacial score (nSPS) is 12.2. The summed E-state index contributed by atoms with van der Waals surface area (Å²) in [6.45, 7) is 0. The van der Waals surface area contributed by atoms with Crippen LogP contribution in [0, 0.1) is 0 Å². The van der Waals surface area contributed by atoms with Crippen molar-refractivity contribution in [1.29, 1.82) is 0 Å². The monoisotopic (exact) mass is 271 g/mol. The zero-order valence-corrected chi connectivity index (χ0v) is 10.5. The number of carbonyl (C=O) groups excluding carboxylic acids is 1. The summed E-state index contributed by atoms with van der Waals surface area (Å²) in [5, 5.41) is 11.6. The van der Waals surface area contributed by atoms with E-state index in [0.29, 0.717) is 11.3 Å². The lowest BCUT2D eigenvalue weighted by Gasteiger charge is -2.13. The molecule has 0 fully saturated rings. The Morgan fingerprint density at radius 2 is 1.90 bits per heavy atom. The van der Waals surface area contributed by atoms with Gasteiger partial charge in [0.15, 0.2) is 6.04 Å². The van der Waals surface area contributed by atoms with E-state index in [4.69, 9.17) is 4.42 Å². The third-order valence-electron chi connectivity index (χ3n) is 2.61. The summed E-state index contributed by atoms with van der Waals surface area (Å²) in [6.07, 6.45) is 4.19. The summed E-state index contributed by atoms with van der Waals surface area (Å²) in [7, 11) is 0. The van der Waals surface area contributed by atoms with Gasteiger partial charge in [0, 0.05) is 6.08 Å². The van der Waals surface area contributed by atoms with E-state index < -0.39 is 17.9 Å². The predicted molar refractivity (Wildman–Crippen MR) is 72.7 cm³/mol. The first-order valence-electron chi connectivity index (χ1n) is 5.96. The molecule has 0 aliphatic carbocycles. The summed E-state index contributed by atoms with van der Waals surface area (Å²) in [5.74, 6) is -1.10. The Morgan fingerprint density at radius 3 is 2.50 bits per heavy atom. The van der Waals surface area contributed by atoms with Gasteiger partial charge in [-0.25, -0.2) is 4.79 Å². The summed E-state index contributed by atoms with van der Waals surface area (Å²) in [5.41, 5.74) is 0.514. The fourth-order valence-corrected chi connectivity index (χ4v) is 1.67. The first-order chi connectivity index (χ1) is 9.66. The van der Waals surface area contributed by atoms with Gasteiger partial charge < -0.3 is 14.8 Å². The molecular formula is C15H13NO4. The third kappa shape index (κ3) is 3.58. The lowest BCUT2D eigenvalue weighted by Crippen LogP contribution is -2.32. The van der Waals surface area contributed by atoms with Crippen molar-refractivity contribution in [3.05, 3.63) is 66.1 Å². The van der Waals surface area contributed by atoms with Crippen molar-refractivity contribution in [3.8, 4) is 0 Å². The largest absolute Gasteiger partial charge is 0.479 e. The summed E-state index contributed by atoms with van der Waals surface area (Å²) in [4.78, 5) is 22.9. The molecule has 1 atom stereocenters. The smallest absolute Gasteiger partial charge is 0.330 e. The molecule has 0 saturated carbocycles. The Morgan fingerprint density at radius 1 is 1.15 bits per heavy atom. The van der Waals surface area contributed by atoms with Crippen molar-refractivity contribution in [3.63, 3.8) is 0 Å². The van der Waals surface area contributed by atoms with E-state index in [1.165, 1.54) is 18.4 Å². The van der Waals surface area contributed by atoms with Gasteiger partial charge in [-0.2, -0.15) is 0 Å². The van der Waals surface area contributed by atoms with Crippen molar-refractivity contribution >= 4 is 18.0 Å². The predicted octanol–water partition coefficient (Wildman–Crippen LogP) is 2.23. The number of furan rings is 1. The van der Waals surface area contributed by atoms with Gasteiger partial charge >= 0.3 is 5.97 Å². The highest BCUT2D eigenvalue weighted by atomic mass is 16.4. The molecule has 1 aromatic carbocycles. The van der Waals surface area contributed by atoms with Gasteiger partial charge in [-0.1, -0.05) is 30.3 Å². The number of aliphatic carboxylic acids is 1. The van der Waals surface area contributed by atoms with Crippen LogP contribution in [0.2, 0.25) is 0 Å². The standard InChI is InChI=1S/C15H13NO4/c17-13(9-8-12-7-4-10-20-12)16-14(15(18)19)11-5-2-1-3-6-11/h1-10,14H,(H,16,17)(H,18,19)/b9-8+/t14-/m0/s1. The Bertz CT molecular complexity index is 602. The molecule has 102 valence electrons. The van der Waals surface area contributed by atoms with Gasteiger partial charge in [-0.15, -0.1) is 0 Å². The molecule has 2 aromatic rings. The fourth-order valence-electron chi connectivity index (χ4n) is 1.67. The molecule has 0 radical (unpaired) electrons. The topological polar surface area (TPSA) is 79.5 Å². The van der Waals surface area contributed by atoms with E-state index >= 15 is 0 Å². The SMILES string of the molecule is O=C(/C=C/c1ccco1)N[C@H](C(=O)O)c1ccccc1. The lowest BCUT2D eigenvalue weighted by molar-refractivity contribution is -0.141. The van der Waals surface area contributed by atoms with E-state index in [0.717, 1.165) is 0 Å². The number of carbonyl (C=O) groups is 2. The maximum Gasteiger partial charge on any atom is 0.330 e. The van der Waals surface area contributed by atoms with Crippen LogP contribution in [0.4, 0.5) is 0 Å². The van der Waals surface area contributed by atoms with Crippen LogP contribution in [0.1, 0.15) is 17.4 Å². The number of amides is 1. The Balaban J connectivity index is 2.05. The van der Waals surface area contributed by atoms with E-state index in [2.05, 4.69) is 5.32 Å². The molecule has 0 bridgehead atoms. The summed E-state index contributed by atoms with van der Waals surface area (Å²) >= 11 is 0. The Hall–Kier alpha value is -2.82. The van der Waals surface area contributed by atoms with Gasteiger partial charge in [-0.3, -0.25) is 4.79 Å². The minimum absolute atomic E-state index is 0.502. The van der Waals surface area contributed by atoms with E-state index in [1.54, 1.807) is 42.5 Å². The average Bonchev–Trinajstić information content (AvgIpc) is 2.96. The molecule has 2 N–H and O–H groups in total. The van der Waals surface area contributed by atoms with Gasteiger partial charge in [0.1, 0.15) is 5.76 Å². The number of carboxylic acids is 1. The van der Waals surface area contributed by atoms with Crippen molar-refractivity contribution in [2.75, 3.05) is 0 Å². The van der Waals surface area contributed by atoms with Gasteiger partial charge in [0.2, 0.25) is 5.91 Å². The van der Waals surface area contributed by atoms with Crippen molar-refractivity contribution < 1.29 is 19.1 Å². The molecule has 0 unspecified atom stereocenters. The molecule has 5 nitrogen and oxygen atoms in total. The summed E-state index contributed by atoms with van der Waals surface area (Å²) in [6, 6.07) is 10.8. The zero-order chi connectivity index (χ0) is 14.4. The van der Waals surface area contributed by atoms with E-state index in [-0.39, 0.29) is 0 Å². The van der Waals surface area contributed by atoms with E-state index in [9.17, 15) is 14.7 Å².